The number of hydrogen-bond donors (Lipinski definition) is 2. The van der Waals surface area contributed by atoms with Crippen molar-refractivity contribution in [1.82, 2.24) is 4.72 Å². The van der Waals surface area contributed by atoms with Gasteiger partial charge in [-0.3, -0.25) is 4.79 Å². The van der Waals surface area contributed by atoms with E-state index in [2.05, 4.69) is 10.0 Å². The molecule has 0 aliphatic heterocycles. The molecule has 0 aliphatic rings. The lowest BCUT2D eigenvalue weighted by Gasteiger charge is -2.06. The Labute approximate surface area is 179 Å². The number of nitrogens with one attached hydrogen (secondary N) is 2. The molecule has 2 aromatic carbocycles. The van der Waals surface area contributed by atoms with Crippen molar-refractivity contribution in [2.75, 3.05) is 11.9 Å². The first-order valence-electron chi connectivity index (χ1n) is 9.17. The largest absolute Gasteiger partial charge is 0.479 e. The second-order valence-corrected chi connectivity index (χ2v) is 8.04. The minimum atomic E-state index is -3.68. The second kappa shape index (κ2) is 10.2. The van der Waals surface area contributed by atoms with Gasteiger partial charge in [0.2, 0.25) is 15.9 Å². The van der Waals surface area contributed by atoms with Gasteiger partial charge in [0.15, 0.2) is 6.61 Å². The van der Waals surface area contributed by atoms with Crippen LogP contribution in [0.4, 0.5) is 5.69 Å². The van der Waals surface area contributed by atoms with Crippen molar-refractivity contribution in [3.63, 3.8) is 0 Å². The number of anilines is 1. The number of nitrogens with zero attached hydrogens (tertiary/aromatic N) is 1. The summed E-state index contributed by atoms with van der Waals surface area (Å²) in [7, 11) is -3.68. The van der Waals surface area contributed by atoms with Crippen LogP contribution >= 0.6 is 0 Å². The summed E-state index contributed by atoms with van der Waals surface area (Å²) in [5, 5.41) is 11.2. The number of nitriles is 1. The second-order valence-electron chi connectivity index (χ2n) is 6.27. The van der Waals surface area contributed by atoms with Crippen molar-refractivity contribution in [3.05, 3.63) is 84.3 Å². The van der Waals surface area contributed by atoms with E-state index in [4.69, 9.17) is 14.4 Å². The molecule has 2 N–H and O–H groups in total. The lowest BCUT2D eigenvalue weighted by atomic mass is 10.2. The van der Waals surface area contributed by atoms with Gasteiger partial charge < -0.3 is 14.5 Å². The molecule has 0 atom stereocenters. The minimum absolute atomic E-state index is 0.0555. The van der Waals surface area contributed by atoms with Crippen LogP contribution < -0.4 is 14.8 Å². The number of carbonyl (C=O) groups excluding carboxylic acids is 1. The third kappa shape index (κ3) is 6.57. The van der Waals surface area contributed by atoms with Crippen molar-refractivity contribution < 1.29 is 22.4 Å². The van der Waals surface area contributed by atoms with E-state index in [1.807, 2.05) is 6.07 Å². The number of carbonyl (C=O) groups is 1. The van der Waals surface area contributed by atoms with Crippen molar-refractivity contribution in [1.29, 1.82) is 5.26 Å². The highest BCUT2D eigenvalue weighted by atomic mass is 32.2. The molecule has 3 aromatic rings. The number of amides is 1. The van der Waals surface area contributed by atoms with Crippen LogP contribution in [0.3, 0.4) is 0 Å². The third-order valence-corrected chi connectivity index (χ3v) is 5.46. The molecular weight excluding hydrogens is 418 g/mol. The van der Waals surface area contributed by atoms with Gasteiger partial charge in [0.05, 0.1) is 17.7 Å². The number of benzene rings is 2. The topological polar surface area (TPSA) is 121 Å². The van der Waals surface area contributed by atoms with Gasteiger partial charge in [0.1, 0.15) is 17.6 Å². The summed E-state index contributed by atoms with van der Waals surface area (Å²) in [5.41, 5.74) is 1.18. The van der Waals surface area contributed by atoms with Crippen LogP contribution in [0.1, 0.15) is 11.3 Å². The Bertz CT molecular complexity index is 1190. The molecule has 0 radical (unpaired) electrons. The predicted octanol–water partition coefficient (Wildman–Crippen LogP) is 3.31. The molecule has 8 nitrogen and oxygen atoms in total. The Balaban J connectivity index is 1.57. The van der Waals surface area contributed by atoms with Crippen molar-refractivity contribution >= 4 is 27.7 Å². The molecule has 1 aromatic heterocycles. The summed E-state index contributed by atoms with van der Waals surface area (Å²) in [6, 6.07) is 18.0. The maximum absolute atomic E-state index is 12.3. The van der Waals surface area contributed by atoms with E-state index < -0.39 is 10.0 Å². The van der Waals surface area contributed by atoms with Crippen LogP contribution in [-0.2, 0) is 21.4 Å². The zero-order chi connectivity index (χ0) is 22.1. The molecule has 1 amide bonds. The highest BCUT2D eigenvalue weighted by Crippen LogP contribution is 2.17. The van der Waals surface area contributed by atoms with Crippen molar-refractivity contribution in [2.24, 2.45) is 0 Å². The summed E-state index contributed by atoms with van der Waals surface area (Å²) in [6.07, 6.45) is 4.37. The van der Waals surface area contributed by atoms with Crippen LogP contribution in [0, 0.1) is 11.3 Å². The van der Waals surface area contributed by atoms with Gasteiger partial charge in [-0.25, -0.2) is 13.1 Å². The molecule has 0 bridgehead atoms. The highest BCUT2D eigenvalue weighted by Gasteiger charge is 2.14. The fourth-order valence-electron chi connectivity index (χ4n) is 2.56. The van der Waals surface area contributed by atoms with E-state index in [0.717, 1.165) is 0 Å². The fraction of sp³-hybridized carbons (Fsp3) is 0.0909. The lowest BCUT2D eigenvalue weighted by Crippen LogP contribution is -2.22. The van der Waals surface area contributed by atoms with Crippen LogP contribution in [0.2, 0.25) is 0 Å². The lowest BCUT2D eigenvalue weighted by molar-refractivity contribution is -0.111. The van der Waals surface area contributed by atoms with E-state index in [-0.39, 0.29) is 24.0 Å². The fourth-order valence-corrected chi connectivity index (χ4v) is 3.55. The standard InChI is InChI=1S/C22H19N3O5S/c23-12-14-30-19-4-1-3-18(15-19)25-22(26)11-8-17-6-9-21(10-7-17)31(27,28)24-16-20-5-2-13-29-20/h1-11,13,15,24H,14,16H2,(H,25,26)/b11-8+. The van der Waals surface area contributed by atoms with E-state index >= 15 is 0 Å². The summed E-state index contributed by atoms with van der Waals surface area (Å²) < 4.78 is 37.4. The van der Waals surface area contributed by atoms with E-state index in [0.29, 0.717) is 22.8 Å². The van der Waals surface area contributed by atoms with Crippen molar-refractivity contribution in [3.8, 4) is 11.8 Å². The van der Waals surface area contributed by atoms with Crippen LogP contribution in [0.25, 0.3) is 6.08 Å². The van der Waals surface area contributed by atoms with Gasteiger partial charge >= 0.3 is 0 Å². The van der Waals surface area contributed by atoms with Gasteiger partial charge in [-0.2, -0.15) is 5.26 Å². The first-order valence-corrected chi connectivity index (χ1v) is 10.7. The molecule has 0 spiro atoms. The van der Waals surface area contributed by atoms with E-state index in [9.17, 15) is 13.2 Å². The summed E-state index contributed by atoms with van der Waals surface area (Å²) >= 11 is 0. The number of ether oxygens (including phenoxy) is 1. The van der Waals surface area contributed by atoms with Crippen LogP contribution in [0.15, 0.2) is 82.3 Å². The zero-order valence-electron chi connectivity index (χ0n) is 16.3. The minimum Gasteiger partial charge on any atom is -0.479 e. The maximum Gasteiger partial charge on any atom is 0.248 e. The normalized spacial score (nSPS) is 11.2. The third-order valence-electron chi connectivity index (χ3n) is 4.04. The smallest absolute Gasteiger partial charge is 0.248 e. The highest BCUT2D eigenvalue weighted by molar-refractivity contribution is 7.89. The SMILES string of the molecule is N#CCOc1cccc(NC(=O)/C=C/c2ccc(S(=O)(=O)NCc3ccco3)cc2)c1. The molecular formula is C22H19N3O5S. The first kappa shape index (κ1) is 21.8. The summed E-state index contributed by atoms with van der Waals surface area (Å²) in [6.45, 7) is -0.0265. The number of sulfonamides is 1. The Hall–Kier alpha value is -3.87. The first-order chi connectivity index (χ1) is 15.0. The molecule has 0 aliphatic carbocycles. The monoisotopic (exact) mass is 437 g/mol. The zero-order valence-corrected chi connectivity index (χ0v) is 17.1. The quantitative estimate of drug-likeness (QED) is 0.495. The molecule has 158 valence electrons. The average Bonchev–Trinajstić information content (AvgIpc) is 3.29. The van der Waals surface area contributed by atoms with Gasteiger partial charge in [0, 0.05) is 17.8 Å². The van der Waals surface area contributed by atoms with Gasteiger partial charge in [-0.15, -0.1) is 0 Å². The summed E-state index contributed by atoms with van der Waals surface area (Å²) in [5.74, 6) is 0.617. The molecule has 31 heavy (non-hydrogen) atoms. The van der Waals surface area contributed by atoms with E-state index in [1.165, 1.54) is 24.5 Å². The molecule has 0 fully saturated rings. The Morgan fingerprint density at radius 3 is 2.65 bits per heavy atom. The Morgan fingerprint density at radius 2 is 1.94 bits per heavy atom. The van der Waals surface area contributed by atoms with Gasteiger partial charge in [-0.1, -0.05) is 18.2 Å². The average molecular weight is 437 g/mol. The molecule has 3 rings (SSSR count). The predicted molar refractivity (Wildman–Crippen MR) is 114 cm³/mol. The number of furan rings is 1. The maximum atomic E-state index is 12.3. The molecule has 0 unspecified atom stereocenters. The molecule has 0 saturated carbocycles. The Morgan fingerprint density at radius 1 is 1.13 bits per heavy atom. The van der Waals surface area contributed by atoms with Crippen LogP contribution in [0.5, 0.6) is 5.75 Å². The van der Waals surface area contributed by atoms with Crippen molar-refractivity contribution in [2.45, 2.75) is 11.4 Å². The van der Waals surface area contributed by atoms with E-state index in [1.54, 1.807) is 54.6 Å². The number of hydrogen-bond acceptors (Lipinski definition) is 6. The van der Waals surface area contributed by atoms with Gasteiger partial charge in [0.25, 0.3) is 0 Å². The Kier molecular flexibility index (Phi) is 7.22. The summed E-state index contributed by atoms with van der Waals surface area (Å²) in [4.78, 5) is 12.2. The van der Waals surface area contributed by atoms with Gasteiger partial charge in [-0.05, 0) is 48.0 Å². The number of rotatable bonds is 9. The molecule has 1 heterocycles. The molecule has 0 saturated heterocycles. The molecule has 9 heteroatoms. The van der Waals surface area contributed by atoms with Crippen LogP contribution in [-0.4, -0.2) is 20.9 Å².